The van der Waals surface area contributed by atoms with E-state index >= 15 is 0 Å². The summed E-state index contributed by atoms with van der Waals surface area (Å²) < 4.78 is 12.8. The molecule has 2 atom stereocenters. The van der Waals surface area contributed by atoms with Crippen molar-refractivity contribution in [2.24, 2.45) is 0 Å². The number of nitrogens with zero attached hydrogens (tertiary/aromatic N) is 2. The van der Waals surface area contributed by atoms with Crippen LogP contribution >= 0.6 is 0 Å². The third-order valence-corrected chi connectivity index (χ3v) is 10.5. The molecule has 6 aromatic carbocycles. The summed E-state index contributed by atoms with van der Waals surface area (Å²) >= 11 is 0. The highest BCUT2D eigenvalue weighted by Crippen LogP contribution is 2.48. The van der Waals surface area contributed by atoms with Crippen molar-refractivity contribution in [1.29, 1.82) is 0 Å². The van der Waals surface area contributed by atoms with Crippen molar-refractivity contribution in [2.45, 2.75) is 11.9 Å². The highest BCUT2D eigenvalue weighted by atomic mass is 16.3. The normalized spacial score (nSPS) is 17.9. The van der Waals surface area contributed by atoms with E-state index in [2.05, 4.69) is 137 Å². The molecule has 0 saturated heterocycles. The standard InChI is InChI=1S/C42H27BN2O2/c1-7-18-38-28(10-1)30-22-20-26(24-40(30)46-38)44-34-14-5-3-12-32(34)43-33-13-4-6-15-35(33)45(37-17-9-16-36(44)42(37)43)27-21-23-31-29-11-2-8-19-39(29)47-41(31)25-27/h1-25,32,34H. The Balaban J connectivity index is 1.15. The number of benzene rings is 6. The van der Waals surface area contributed by atoms with Crippen molar-refractivity contribution in [3.05, 3.63) is 152 Å². The second-order valence-electron chi connectivity index (χ2n) is 12.8. The number of rotatable bonds is 2. The van der Waals surface area contributed by atoms with E-state index in [4.69, 9.17) is 8.83 Å². The van der Waals surface area contributed by atoms with Gasteiger partial charge < -0.3 is 18.6 Å². The Hall–Kier alpha value is -5.94. The Morgan fingerprint density at radius 1 is 0.489 bits per heavy atom. The van der Waals surface area contributed by atoms with Gasteiger partial charge in [0.15, 0.2) is 0 Å². The van der Waals surface area contributed by atoms with Gasteiger partial charge in [-0.15, -0.1) is 0 Å². The molecular weight excluding hydrogens is 575 g/mol. The van der Waals surface area contributed by atoms with Gasteiger partial charge in [0, 0.05) is 62.1 Å². The van der Waals surface area contributed by atoms with E-state index in [9.17, 15) is 0 Å². The fourth-order valence-electron chi connectivity index (χ4n) is 8.55. The van der Waals surface area contributed by atoms with Gasteiger partial charge in [-0.05, 0) is 71.3 Å². The van der Waals surface area contributed by atoms with Crippen LogP contribution in [0.15, 0.2) is 161 Å². The minimum Gasteiger partial charge on any atom is -0.456 e. The van der Waals surface area contributed by atoms with Gasteiger partial charge >= 0.3 is 0 Å². The van der Waals surface area contributed by atoms with Crippen molar-refractivity contribution in [1.82, 2.24) is 0 Å². The first-order chi connectivity index (χ1) is 23.3. The summed E-state index contributed by atoms with van der Waals surface area (Å²) in [7, 11) is 0. The topological polar surface area (TPSA) is 32.8 Å². The van der Waals surface area contributed by atoms with E-state index < -0.39 is 0 Å². The van der Waals surface area contributed by atoms with Crippen LogP contribution in [0.3, 0.4) is 0 Å². The van der Waals surface area contributed by atoms with Crippen LogP contribution < -0.4 is 20.7 Å². The average Bonchev–Trinajstić information content (AvgIpc) is 3.69. The summed E-state index contributed by atoms with van der Waals surface area (Å²) in [5.74, 6) is 0.251. The summed E-state index contributed by atoms with van der Waals surface area (Å²) in [6, 6.07) is 45.8. The van der Waals surface area contributed by atoms with Crippen molar-refractivity contribution < 1.29 is 8.83 Å². The zero-order valence-corrected chi connectivity index (χ0v) is 25.4. The molecule has 0 saturated carbocycles. The lowest BCUT2D eigenvalue weighted by atomic mass is 9.29. The predicted molar refractivity (Wildman–Crippen MR) is 195 cm³/mol. The van der Waals surface area contributed by atoms with E-state index in [1.165, 1.54) is 28.0 Å². The molecule has 8 aromatic rings. The SMILES string of the molecule is C1=CC2B3c4ccccc4N(c4ccc5c(c4)oc4ccccc45)c4cccc(c43)N(c3ccc4c(c3)oc3ccccc34)C2C=C1. The quantitative estimate of drug-likeness (QED) is 0.185. The zero-order valence-electron chi connectivity index (χ0n) is 25.4. The zero-order chi connectivity index (χ0) is 30.6. The first kappa shape index (κ1) is 25.3. The van der Waals surface area contributed by atoms with Crippen LogP contribution in [0.2, 0.25) is 5.82 Å². The van der Waals surface area contributed by atoms with E-state index in [1.807, 2.05) is 24.3 Å². The number of allylic oxidation sites excluding steroid dienone is 2. The van der Waals surface area contributed by atoms with Crippen LogP contribution in [0, 0.1) is 0 Å². The summed E-state index contributed by atoms with van der Waals surface area (Å²) in [5, 5.41) is 4.57. The van der Waals surface area contributed by atoms with E-state index in [1.54, 1.807) is 0 Å². The molecule has 0 bridgehead atoms. The lowest BCUT2D eigenvalue weighted by molar-refractivity contribution is 0.668. The Morgan fingerprint density at radius 3 is 1.87 bits per heavy atom. The molecule has 220 valence electrons. The van der Waals surface area contributed by atoms with Crippen LogP contribution in [0.25, 0.3) is 43.9 Å². The number of para-hydroxylation sites is 3. The Labute approximate surface area is 271 Å². The Kier molecular flexibility index (Phi) is 5.00. The highest BCUT2D eigenvalue weighted by molar-refractivity contribution is 6.91. The number of anilines is 5. The minimum absolute atomic E-state index is 0.154. The number of hydrogen-bond acceptors (Lipinski definition) is 4. The van der Waals surface area contributed by atoms with Crippen molar-refractivity contribution in [2.75, 3.05) is 9.80 Å². The molecule has 0 N–H and O–H groups in total. The van der Waals surface area contributed by atoms with Gasteiger partial charge in [0.2, 0.25) is 6.71 Å². The van der Waals surface area contributed by atoms with Crippen LogP contribution in [-0.4, -0.2) is 12.8 Å². The molecule has 0 amide bonds. The van der Waals surface area contributed by atoms with Crippen molar-refractivity contribution in [3.63, 3.8) is 0 Å². The molecule has 0 radical (unpaired) electrons. The number of furan rings is 2. The van der Waals surface area contributed by atoms with Gasteiger partial charge in [-0.2, -0.15) is 0 Å². The van der Waals surface area contributed by atoms with Crippen molar-refractivity contribution >= 4 is 90.0 Å². The van der Waals surface area contributed by atoms with Gasteiger partial charge in [0.25, 0.3) is 0 Å². The van der Waals surface area contributed by atoms with Crippen LogP contribution in [0.1, 0.15) is 0 Å². The molecular formula is C42H27BN2O2. The minimum atomic E-state index is 0.154. The number of fused-ring (bicyclic) bond motifs is 10. The lowest BCUT2D eigenvalue weighted by Crippen LogP contribution is -2.61. The maximum absolute atomic E-state index is 6.39. The molecule has 2 aromatic heterocycles. The average molecular weight is 603 g/mol. The molecule has 4 heterocycles. The Morgan fingerprint density at radius 2 is 1.09 bits per heavy atom. The van der Waals surface area contributed by atoms with Gasteiger partial charge in [0.05, 0.1) is 6.04 Å². The van der Waals surface area contributed by atoms with E-state index in [0.29, 0.717) is 0 Å². The molecule has 5 heteroatoms. The third kappa shape index (κ3) is 3.43. The van der Waals surface area contributed by atoms with E-state index in [0.717, 1.165) is 55.3 Å². The predicted octanol–water partition coefficient (Wildman–Crippen LogP) is 9.89. The van der Waals surface area contributed by atoms with E-state index in [-0.39, 0.29) is 18.6 Å². The van der Waals surface area contributed by atoms with Gasteiger partial charge in [-0.3, -0.25) is 0 Å². The van der Waals surface area contributed by atoms with Crippen LogP contribution in [0.4, 0.5) is 28.4 Å². The molecule has 3 aliphatic rings. The van der Waals surface area contributed by atoms with Gasteiger partial charge in [0.1, 0.15) is 22.3 Å². The van der Waals surface area contributed by atoms with Gasteiger partial charge in [-0.25, -0.2) is 0 Å². The summed E-state index contributed by atoms with van der Waals surface area (Å²) in [4.78, 5) is 4.96. The summed E-state index contributed by atoms with van der Waals surface area (Å²) in [6.45, 7) is 0.209. The summed E-state index contributed by atoms with van der Waals surface area (Å²) in [6.07, 6.45) is 9.20. The second kappa shape index (κ2) is 9.30. The van der Waals surface area contributed by atoms with Gasteiger partial charge in [-0.1, -0.05) is 85.0 Å². The molecule has 2 aliphatic heterocycles. The summed E-state index contributed by atoms with van der Waals surface area (Å²) in [5.41, 5.74) is 12.2. The molecule has 1 aliphatic carbocycles. The first-order valence-corrected chi connectivity index (χ1v) is 16.3. The molecule has 11 rings (SSSR count). The molecule has 47 heavy (non-hydrogen) atoms. The molecule has 4 nitrogen and oxygen atoms in total. The fourth-order valence-corrected chi connectivity index (χ4v) is 8.55. The third-order valence-electron chi connectivity index (χ3n) is 10.5. The van der Waals surface area contributed by atoms with Crippen LogP contribution in [-0.2, 0) is 0 Å². The monoisotopic (exact) mass is 602 g/mol. The maximum Gasteiger partial charge on any atom is 0.226 e. The lowest BCUT2D eigenvalue weighted by Gasteiger charge is -2.49. The second-order valence-corrected chi connectivity index (χ2v) is 12.8. The van der Waals surface area contributed by atoms with Crippen LogP contribution in [0.5, 0.6) is 0 Å². The smallest absolute Gasteiger partial charge is 0.226 e. The van der Waals surface area contributed by atoms with Crippen molar-refractivity contribution in [3.8, 4) is 0 Å². The number of hydrogen-bond donors (Lipinski definition) is 0. The fraction of sp³-hybridized carbons (Fsp3) is 0.0476. The first-order valence-electron chi connectivity index (χ1n) is 16.3. The molecule has 0 fully saturated rings. The maximum atomic E-state index is 6.39. The highest BCUT2D eigenvalue weighted by Gasteiger charge is 2.48. The molecule has 2 unspecified atom stereocenters. The Bertz CT molecular complexity index is 2650. The molecule has 0 spiro atoms. The largest absolute Gasteiger partial charge is 0.456 e.